The van der Waals surface area contributed by atoms with E-state index < -0.39 is 0 Å². The Morgan fingerprint density at radius 1 is 1.37 bits per heavy atom. The molecule has 100 valence electrons. The number of nitrogens with zero attached hydrogens (tertiary/aromatic N) is 3. The number of anilines is 1. The van der Waals surface area contributed by atoms with Crippen molar-refractivity contribution in [3.05, 3.63) is 22.6 Å². The Kier molecular flexibility index (Phi) is 2.34. The Morgan fingerprint density at radius 2 is 2.26 bits per heavy atom. The molecule has 1 aliphatic heterocycles. The van der Waals surface area contributed by atoms with E-state index in [0.717, 1.165) is 13.0 Å². The van der Waals surface area contributed by atoms with Gasteiger partial charge >= 0.3 is 5.69 Å². The van der Waals surface area contributed by atoms with Crippen LogP contribution < -0.4 is 11.0 Å². The van der Waals surface area contributed by atoms with E-state index in [1.165, 1.54) is 17.4 Å². The van der Waals surface area contributed by atoms with Gasteiger partial charge in [0.1, 0.15) is 5.82 Å². The first-order valence-electron chi connectivity index (χ1n) is 6.64. The zero-order valence-corrected chi connectivity index (χ0v) is 10.4. The molecule has 2 aliphatic rings. The van der Waals surface area contributed by atoms with Crippen LogP contribution in [0.3, 0.4) is 0 Å². The standard InChI is InChI=1S/C12H15N5O2/c18-12-15-14-10-4-3-9(16-17(10)12)13-8-5-6-19-11(8)7-1-2-7/h3-4,7-8,11H,1-2,5-6H2,(H,13,16)(H,15,18). The first-order chi connectivity index (χ1) is 9.31. The minimum atomic E-state index is -0.319. The molecule has 2 unspecified atom stereocenters. The van der Waals surface area contributed by atoms with E-state index in [2.05, 4.69) is 20.6 Å². The molecule has 0 bridgehead atoms. The molecule has 1 saturated heterocycles. The van der Waals surface area contributed by atoms with Crippen molar-refractivity contribution in [2.24, 2.45) is 5.92 Å². The molecular weight excluding hydrogens is 246 g/mol. The number of aromatic amines is 1. The second-order valence-electron chi connectivity index (χ2n) is 5.23. The summed E-state index contributed by atoms with van der Waals surface area (Å²) in [7, 11) is 0. The molecule has 7 nitrogen and oxygen atoms in total. The second-order valence-corrected chi connectivity index (χ2v) is 5.23. The van der Waals surface area contributed by atoms with Crippen LogP contribution in [0.4, 0.5) is 5.82 Å². The highest BCUT2D eigenvalue weighted by molar-refractivity contribution is 5.43. The Morgan fingerprint density at radius 3 is 3.11 bits per heavy atom. The maximum atomic E-state index is 11.5. The highest BCUT2D eigenvalue weighted by Gasteiger charge is 2.40. The minimum Gasteiger partial charge on any atom is -0.376 e. The Bertz CT molecular complexity index is 659. The van der Waals surface area contributed by atoms with Gasteiger partial charge in [0.2, 0.25) is 0 Å². The van der Waals surface area contributed by atoms with Gasteiger partial charge < -0.3 is 10.1 Å². The van der Waals surface area contributed by atoms with E-state index in [1.54, 1.807) is 6.07 Å². The van der Waals surface area contributed by atoms with Gasteiger partial charge in [0, 0.05) is 6.61 Å². The summed E-state index contributed by atoms with van der Waals surface area (Å²) in [5, 5.41) is 13.9. The van der Waals surface area contributed by atoms with Gasteiger partial charge in [0.25, 0.3) is 0 Å². The van der Waals surface area contributed by atoms with Gasteiger partial charge in [0.05, 0.1) is 12.1 Å². The summed E-state index contributed by atoms with van der Waals surface area (Å²) >= 11 is 0. The van der Waals surface area contributed by atoms with Crippen LogP contribution in [0, 0.1) is 5.92 Å². The molecule has 0 amide bonds. The van der Waals surface area contributed by atoms with Crippen molar-refractivity contribution >= 4 is 11.5 Å². The number of fused-ring (bicyclic) bond motifs is 1. The lowest BCUT2D eigenvalue weighted by Gasteiger charge is -2.19. The van der Waals surface area contributed by atoms with Crippen molar-refractivity contribution < 1.29 is 4.74 Å². The number of hydrogen-bond acceptors (Lipinski definition) is 5. The molecule has 2 aromatic rings. The fourth-order valence-corrected chi connectivity index (χ4v) is 2.73. The SMILES string of the molecule is O=c1[nH]nc2ccc(NC3CCOC3C3CC3)nn12. The van der Waals surface area contributed by atoms with Crippen LogP contribution in [-0.4, -0.2) is 38.6 Å². The lowest BCUT2D eigenvalue weighted by atomic mass is 10.1. The summed E-state index contributed by atoms with van der Waals surface area (Å²) in [5.74, 6) is 1.39. The summed E-state index contributed by atoms with van der Waals surface area (Å²) in [6.07, 6.45) is 3.80. The maximum Gasteiger partial charge on any atom is 0.364 e. The molecule has 0 radical (unpaired) electrons. The van der Waals surface area contributed by atoms with Crippen LogP contribution in [0.2, 0.25) is 0 Å². The summed E-state index contributed by atoms with van der Waals surface area (Å²) in [6.45, 7) is 0.798. The summed E-state index contributed by atoms with van der Waals surface area (Å²) in [5.41, 5.74) is 0.206. The van der Waals surface area contributed by atoms with E-state index in [4.69, 9.17) is 4.74 Å². The fraction of sp³-hybridized carbons (Fsp3) is 0.583. The zero-order valence-electron chi connectivity index (χ0n) is 10.4. The van der Waals surface area contributed by atoms with Gasteiger partial charge in [-0.15, -0.1) is 5.10 Å². The van der Waals surface area contributed by atoms with Crippen LogP contribution in [0.1, 0.15) is 19.3 Å². The number of rotatable bonds is 3. The fourth-order valence-electron chi connectivity index (χ4n) is 2.73. The molecule has 1 aliphatic carbocycles. The second kappa shape index (κ2) is 4.06. The molecule has 2 N–H and O–H groups in total. The van der Waals surface area contributed by atoms with E-state index in [-0.39, 0.29) is 5.69 Å². The molecular formula is C12H15N5O2. The maximum absolute atomic E-state index is 11.5. The summed E-state index contributed by atoms with van der Waals surface area (Å²) in [4.78, 5) is 11.5. The van der Waals surface area contributed by atoms with Crippen molar-refractivity contribution in [3.63, 3.8) is 0 Å². The normalized spacial score (nSPS) is 26.9. The Labute approximate surface area is 109 Å². The van der Waals surface area contributed by atoms with Crippen molar-refractivity contribution in [2.75, 3.05) is 11.9 Å². The van der Waals surface area contributed by atoms with Gasteiger partial charge in [-0.25, -0.2) is 9.89 Å². The predicted octanol–water partition coefficient (Wildman–Crippen LogP) is 0.397. The van der Waals surface area contributed by atoms with Gasteiger partial charge in [-0.3, -0.25) is 0 Å². The highest BCUT2D eigenvalue weighted by atomic mass is 16.5. The van der Waals surface area contributed by atoms with Crippen LogP contribution in [0.15, 0.2) is 16.9 Å². The molecule has 2 atom stereocenters. The Hall–Kier alpha value is -1.89. The molecule has 1 saturated carbocycles. The van der Waals surface area contributed by atoms with E-state index in [1.807, 2.05) is 6.07 Å². The van der Waals surface area contributed by atoms with Crippen molar-refractivity contribution in [1.29, 1.82) is 0 Å². The monoisotopic (exact) mass is 261 g/mol. The number of nitrogens with one attached hydrogen (secondary N) is 2. The third-order valence-electron chi connectivity index (χ3n) is 3.83. The number of H-pyrrole nitrogens is 1. The van der Waals surface area contributed by atoms with Crippen LogP contribution in [0.5, 0.6) is 0 Å². The largest absolute Gasteiger partial charge is 0.376 e. The number of ether oxygens (including phenoxy) is 1. The number of aromatic nitrogens is 4. The average molecular weight is 261 g/mol. The average Bonchev–Trinajstić information content (AvgIpc) is 3.06. The number of hydrogen-bond donors (Lipinski definition) is 2. The molecule has 4 rings (SSSR count). The van der Waals surface area contributed by atoms with Gasteiger partial charge in [0.15, 0.2) is 5.65 Å². The first kappa shape index (κ1) is 11.0. The highest BCUT2D eigenvalue weighted by Crippen LogP contribution is 2.39. The first-order valence-corrected chi connectivity index (χ1v) is 6.64. The molecule has 0 spiro atoms. The van der Waals surface area contributed by atoms with Gasteiger partial charge in [-0.2, -0.15) is 9.61 Å². The summed E-state index contributed by atoms with van der Waals surface area (Å²) < 4.78 is 7.05. The lowest BCUT2D eigenvalue weighted by molar-refractivity contribution is 0.0898. The van der Waals surface area contributed by atoms with Crippen molar-refractivity contribution in [1.82, 2.24) is 19.8 Å². The zero-order chi connectivity index (χ0) is 12.8. The lowest BCUT2D eigenvalue weighted by Crippen LogP contribution is -2.31. The predicted molar refractivity (Wildman–Crippen MR) is 68.1 cm³/mol. The smallest absolute Gasteiger partial charge is 0.364 e. The molecule has 2 fully saturated rings. The van der Waals surface area contributed by atoms with E-state index >= 15 is 0 Å². The van der Waals surface area contributed by atoms with Gasteiger partial charge in [-0.05, 0) is 37.3 Å². The molecule has 19 heavy (non-hydrogen) atoms. The molecule has 3 heterocycles. The summed E-state index contributed by atoms with van der Waals surface area (Å²) in [6, 6.07) is 3.91. The molecule has 0 aromatic carbocycles. The third kappa shape index (κ3) is 1.90. The Balaban J connectivity index is 1.60. The van der Waals surface area contributed by atoms with Crippen molar-refractivity contribution in [3.8, 4) is 0 Å². The van der Waals surface area contributed by atoms with Gasteiger partial charge in [-0.1, -0.05) is 0 Å². The molecule has 2 aromatic heterocycles. The van der Waals surface area contributed by atoms with E-state index in [9.17, 15) is 4.79 Å². The van der Waals surface area contributed by atoms with Crippen LogP contribution in [0.25, 0.3) is 5.65 Å². The van der Waals surface area contributed by atoms with E-state index in [0.29, 0.717) is 29.5 Å². The topological polar surface area (TPSA) is 84.3 Å². The minimum absolute atomic E-state index is 0.290. The van der Waals surface area contributed by atoms with Crippen LogP contribution in [-0.2, 0) is 4.74 Å². The molecule has 7 heteroatoms. The quantitative estimate of drug-likeness (QED) is 0.835. The van der Waals surface area contributed by atoms with Crippen molar-refractivity contribution in [2.45, 2.75) is 31.4 Å². The third-order valence-corrected chi connectivity index (χ3v) is 3.83. The van der Waals surface area contributed by atoms with Crippen LogP contribution >= 0.6 is 0 Å².